The van der Waals surface area contributed by atoms with Crippen molar-refractivity contribution in [2.75, 3.05) is 0 Å². The van der Waals surface area contributed by atoms with E-state index in [-0.39, 0.29) is 11.0 Å². The second-order valence-corrected chi connectivity index (χ2v) is 6.22. The van der Waals surface area contributed by atoms with Crippen LogP contribution in [0.3, 0.4) is 0 Å². The standard InChI is InChI=1S/C14H15NO2.FHO3S/c1-14(2,3)13-15-12(16)9-11(17-13)10-7-5-4-6-8-10;1-5(2,3)4/h4-9H,1-3H3;(H,2,3,4). The lowest BCUT2D eigenvalue weighted by molar-refractivity contribution is -0.434. The Morgan fingerprint density at radius 3 is 2.14 bits per heavy atom. The smallest absolute Gasteiger partial charge is 0.417 e. The van der Waals surface area contributed by atoms with Gasteiger partial charge in [-0.3, -0.25) is 0 Å². The molecule has 1 N–H and O–H groups in total. The van der Waals surface area contributed by atoms with Gasteiger partial charge in [-0.25, -0.2) is 13.2 Å². The van der Waals surface area contributed by atoms with Gasteiger partial charge < -0.3 is 8.97 Å². The Morgan fingerprint density at radius 2 is 1.68 bits per heavy atom. The molecule has 2 rings (SSSR count). The average molecular weight is 329 g/mol. The molecule has 6 nitrogen and oxygen atoms in total. The molecule has 0 saturated heterocycles. The first-order chi connectivity index (χ1) is 9.97. The number of nitrogens with one attached hydrogen (secondary N) is 1. The van der Waals surface area contributed by atoms with E-state index in [0.29, 0.717) is 11.7 Å². The van der Waals surface area contributed by atoms with E-state index >= 15 is 0 Å². The molecule has 0 aliphatic carbocycles. The van der Waals surface area contributed by atoms with Crippen molar-refractivity contribution in [1.29, 1.82) is 0 Å². The van der Waals surface area contributed by atoms with E-state index in [4.69, 9.17) is 17.4 Å². The van der Waals surface area contributed by atoms with Crippen LogP contribution in [0.1, 0.15) is 26.7 Å². The van der Waals surface area contributed by atoms with E-state index in [1.807, 2.05) is 51.1 Å². The molecule has 0 amide bonds. The molecule has 0 radical (unpaired) electrons. The normalized spacial score (nSPS) is 11.5. The molecule has 0 unspecified atom stereocenters. The van der Waals surface area contributed by atoms with Gasteiger partial charge in [-0.2, -0.15) is 0 Å². The topological polar surface area (TPSA) is 102 Å². The van der Waals surface area contributed by atoms with Crippen LogP contribution in [0.15, 0.2) is 45.6 Å². The Morgan fingerprint density at radius 1 is 1.18 bits per heavy atom. The number of rotatable bonds is 1. The Balaban J connectivity index is 0.000000422. The first kappa shape index (κ1) is 18.0. The van der Waals surface area contributed by atoms with Gasteiger partial charge in [0, 0.05) is 5.56 Å². The summed E-state index contributed by atoms with van der Waals surface area (Å²) in [6.07, 6.45) is 0. The molecule has 2 aromatic rings. The van der Waals surface area contributed by atoms with Crippen LogP contribution in [-0.2, 0) is 15.9 Å². The van der Waals surface area contributed by atoms with E-state index in [1.165, 1.54) is 6.07 Å². The van der Waals surface area contributed by atoms with Crippen LogP contribution >= 0.6 is 0 Å². The quantitative estimate of drug-likeness (QED) is 0.587. The number of hydrogen-bond donors (Lipinski definition) is 0. The van der Waals surface area contributed by atoms with Crippen molar-refractivity contribution in [3.63, 3.8) is 0 Å². The molecule has 0 aliphatic heterocycles. The highest BCUT2D eigenvalue weighted by Crippen LogP contribution is 2.22. The van der Waals surface area contributed by atoms with Gasteiger partial charge in [-0.1, -0.05) is 30.3 Å². The van der Waals surface area contributed by atoms with Gasteiger partial charge in [0.15, 0.2) is 5.76 Å². The molecule has 0 fully saturated rings. The fourth-order valence-electron chi connectivity index (χ4n) is 1.52. The molecule has 22 heavy (non-hydrogen) atoms. The van der Waals surface area contributed by atoms with Crippen molar-refractivity contribution < 1.29 is 26.3 Å². The molecule has 1 aromatic carbocycles. The van der Waals surface area contributed by atoms with Gasteiger partial charge >= 0.3 is 11.4 Å². The molecule has 0 spiro atoms. The average Bonchev–Trinajstić information content (AvgIpc) is 2.36. The number of benzene rings is 1. The van der Waals surface area contributed by atoms with Crippen LogP contribution < -0.4 is 10.5 Å². The summed E-state index contributed by atoms with van der Waals surface area (Å²) in [5, 5.41) is 0. The third-order valence-electron chi connectivity index (χ3n) is 2.45. The lowest BCUT2D eigenvalue weighted by Crippen LogP contribution is -2.35. The monoisotopic (exact) mass is 329 g/mol. The molecule has 0 saturated carbocycles. The molecule has 0 atom stereocenters. The molecule has 1 aromatic heterocycles. The highest BCUT2D eigenvalue weighted by Gasteiger charge is 2.26. The van der Waals surface area contributed by atoms with Gasteiger partial charge in [-0.15, -0.1) is 8.87 Å². The van der Waals surface area contributed by atoms with Crippen molar-refractivity contribution in [1.82, 2.24) is 0 Å². The zero-order chi connectivity index (χ0) is 17.0. The van der Waals surface area contributed by atoms with E-state index in [0.717, 1.165) is 5.56 Å². The Kier molecular flexibility index (Phi) is 5.56. The van der Waals surface area contributed by atoms with Crippen molar-refractivity contribution in [2.45, 2.75) is 26.2 Å². The van der Waals surface area contributed by atoms with Gasteiger partial charge in [0.25, 0.3) is 10.5 Å². The molecule has 0 bridgehead atoms. The minimum Gasteiger partial charge on any atom is -0.722 e. The summed E-state index contributed by atoms with van der Waals surface area (Å²) in [6.45, 7) is 5.99. The zero-order valence-electron chi connectivity index (χ0n) is 12.3. The van der Waals surface area contributed by atoms with Crippen LogP contribution in [-0.4, -0.2) is 13.0 Å². The predicted octanol–water partition coefficient (Wildman–Crippen LogP) is 1.83. The molecule has 8 heteroatoms. The largest absolute Gasteiger partial charge is 0.722 e. The molecular formula is C14H16FNO5S. The van der Waals surface area contributed by atoms with Crippen LogP contribution in [0.4, 0.5) is 3.89 Å². The lowest BCUT2D eigenvalue weighted by Gasteiger charge is -2.10. The summed E-state index contributed by atoms with van der Waals surface area (Å²) in [5.41, 5.74) is 0.549. The summed E-state index contributed by atoms with van der Waals surface area (Å²) in [7, 11) is -5.42. The van der Waals surface area contributed by atoms with Crippen LogP contribution in [0.2, 0.25) is 0 Å². The predicted molar refractivity (Wildman–Crippen MR) is 76.5 cm³/mol. The SMILES string of the molecule is CC(C)(C)c1[nH+]c(=O)cc(-c2ccccc2)o1.O=S(=O)([O-])F. The maximum atomic E-state index is 11.6. The highest BCUT2D eigenvalue weighted by atomic mass is 32.3. The van der Waals surface area contributed by atoms with Crippen molar-refractivity contribution in [3.05, 3.63) is 52.6 Å². The van der Waals surface area contributed by atoms with Crippen LogP contribution in [0.25, 0.3) is 11.3 Å². The number of hydrogen-bond acceptors (Lipinski definition) is 5. The van der Waals surface area contributed by atoms with E-state index in [9.17, 15) is 8.68 Å². The maximum Gasteiger partial charge on any atom is 0.417 e. The van der Waals surface area contributed by atoms with Gasteiger partial charge in [0.05, 0.1) is 11.5 Å². The summed E-state index contributed by atoms with van der Waals surface area (Å²) >= 11 is 0. The van der Waals surface area contributed by atoms with Crippen molar-refractivity contribution in [3.8, 4) is 11.3 Å². The van der Waals surface area contributed by atoms with Gasteiger partial charge in [-0.05, 0) is 20.8 Å². The van der Waals surface area contributed by atoms with Crippen molar-refractivity contribution in [2.24, 2.45) is 0 Å². The van der Waals surface area contributed by atoms with Crippen molar-refractivity contribution >= 4 is 10.5 Å². The minimum absolute atomic E-state index is 0.139. The first-order valence-corrected chi connectivity index (χ1v) is 7.56. The van der Waals surface area contributed by atoms with Crippen LogP contribution in [0, 0.1) is 0 Å². The molecular weight excluding hydrogens is 313 g/mol. The van der Waals surface area contributed by atoms with E-state index in [2.05, 4.69) is 4.98 Å². The molecule has 120 valence electrons. The summed E-state index contributed by atoms with van der Waals surface area (Å²) in [5.74, 6) is 1.18. The van der Waals surface area contributed by atoms with Gasteiger partial charge in [0.2, 0.25) is 0 Å². The number of aromatic nitrogens is 1. The number of aromatic amines is 1. The fourth-order valence-corrected chi connectivity index (χ4v) is 1.52. The molecule has 0 aliphatic rings. The first-order valence-electron chi connectivity index (χ1n) is 6.25. The summed E-state index contributed by atoms with van der Waals surface area (Å²) in [6, 6.07) is 11.1. The number of halogens is 1. The third-order valence-corrected chi connectivity index (χ3v) is 2.45. The van der Waals surface area contributed by atoms with E-state index < -0.39 is 10.5 Å². The number of H-pyrrole nitrogens is 1. The fraction of sp³-hybridized carbons (Fsp3) is 0.286. The second kappa shape index (κ2) is 6.80. The summed E-state index contributed by atoms with van der Waals surface area (Å²) < 4.78 is 41.1. The molecule has 1 heterocycles. The lowest BCUT2D eigenvalue weighted by atomic mass is 9.97. The highest BCUT2D eigenvalue weighted by molar-refractivity contribution is 7.80. The minimum atomic E-state index is -5.42. The Bertz CT molecular complexity index is 771. The maximum absolute atomic E-state index is 11.6. The third kappa shape index (κ3) is 6.59. The Labute approximate surface area is 127 Å². The van der Waals surface area contributed by atoms with Crippen LogP contribution in [0.5, 0.6) is 0 Å². The zero-order valence-corrected chi connectivity index (χ0v) is 13.1. The second-order valence-electron chi connectivity index (χ2n) is 5.44. The van der Waals surface area contributed by atoms with Gasteiger partial charge in [0.1, 0.15) is 0 Å². The Hall–Kier alpha value is -2.06. The summed E-state index contributed by atoms with van der Waals surface area (Å²) in [4.78, 5) is 14.4. The van der Waals surface area contributed by atoms with E-state index in [1.54, 1.807) is 0 Å².